The summed E-state index contributed by atoms with van der Waals surface area (Å²) >= 11 is 1.17. The molecule has 4 aromatic carbocycles. The standard InChI is InChI=1S/C38H36N4O5S/c1-4-26-10-16-30(17-11-26)39-34(43)23-47-37(46)29-14-8-28(9-15-29)22-33-36(45)42(32-20-6-25(3)7-21-32)38(41-33)48-24-35(44)40-31-18-12-27(5-2)13-19-31/h6-22H,4-5,23-24H2,1-3H3,(H,39,43)(H,40,44)/b33-22+. The zero-order valence-electron chi connectivity index (χ0n) is 27.0. The molecule has 0 bridgehead atoms. The van der Waals surface area contributed by atoms with E-state index >= 15 is 0 Å². The molecule has 0 aromatic heterocycles. The Morgan fingerprint density at radius 3 is 1.90 bits per heavy atom. The summed E-state index contributed by atoms with van der Waals surface area (Å²) < 4.78 is 5.19. The van der Waals surface area contributed by atoms with E-state index in [-0.39, 0.29) is 28.8 Å². The Balaban J connectivity index is 1.23. The number of aliphatic imine (C=N–C) groups is 1. The number of hydrogen-bond donors (Lipinski definition) is 2. The molecular formula is C38H36N4O5S. The first kappa shape index (κ1) is 33.9. The van der Waals surface area contributed by atoms with Crippen molar-refractivity contribution in [1.29, 1.82) is 0 Å². The van der Waals surface area contributed by atoms with Crippen molar-refractivity contribution in [2.45, 2.75) is 33.6 Å². The molecule has 0 saturated carbocycles. The van der Waals surface area contributed by atoms with Gasteiger partial charge in [-0.2, -0.15) is 0 Å². The highest BCUT2D eigenvalue weighted by Crippen LogP contribution is 2.30. The molecule has 0 spiro atoms. The minimum absolute atomic E-state index is 0.0528. The molecule has 0 radical (unpaired) electrons. The summed E-state index contributed by atoms with van der Waals surface area (Å²) in [5.74, 6) is -1.59. The van der Waals surface area contributed by atoms with Gasteiger partial charge in [0.2, 0.25) is 5.91 Å². The quantitative estimate of drug-likeness (QED) is 0.132. The summed E-state index contributed by atoms with van der Waals surface area (Å²) in [6, 6.07) is 29.1. The lowest BCUT2D eigenvalue weighted by Gasteiger charge is -2.18. The lowest BCUT2D eigenvalue weighted by Crippen LogP contribution is -2.31. The van der Waals surface area contributed by atoms with Crippen molar-refractivity contribution in [1.82, 2.24) is 0 Å². The van der Waals surface area contributed by atoms with Crippen LogP contribution in [-0.4, -0.2) is 41.2 Å². The smallest absolute Gasteiger partial charge is 0.338 e. The molecule has 2 N–H and O–H groups in total. The Morgan fingerprint density at radius 1 is 0.771 bits per heavy atom. The number of esters is 1. The lowest BCUT2D eigenvalue weighted by atomic mass is 10.1. The molecule has 3 amide bonds. The number of benzene rings is 4. The molecule has 0 fully saturated rings. The topological polar surface area (TPSA) is 117 Å². The van der Waals surface area contributed by atoms with E-state index in [1.54, 1.807) is 42.5 Å². The molecule has 0 atom stereocenters. The van der Waals surface area contributed by atoms with Gasteiger partial charge in [-0.15, -0.1) is 0 Å². The van der Waals surface area contributed by atoms with Gasteiger partial charge in [-0.3, -0.25) is 19.3 Å². The van der Waals surface area contributed by atoms with Gasteiger partial charge in [0.1, 0.15) is 5.70 Å². The maximum atomic E-state index is 13.6. The molecule has 244 valence electrons. The molecule has 5 rings (SSSR count). The van der Waals surface area contributed by atoms with E-state index in [1.807, 2.05) is 74.5 Å². The van der Waals surface area contributed by atoms with Gasteiger partial charge in [-0.05, 0) is 91.1 Å². The molecule has 10 heteroatoms. The van der Waals surface area contributed by atoms with Crippen molar-refractivity contribution in [2.75, 3.05) is 27.9 Å². The van der Waals surface area contributed by atoms with Gasteiger partial charge in [0.15, 0.2) is 11.8 Å². The maximum Gasteiger partial charge on any atom is 0.338 e. The van der Waals surface area contributed by atoms with E-state index in [0.717, 1.165) is 24.0 Å². The highest BCUT2D eigenvalue weighted by Gasteiger charge is 2.32. The molecular weight excluding hydrogens is 625 g/mol. The van der Waals surface area contributed by atoms with Gasteiger partial charge >= 0.3 is 5.97 Å². The normalized spacial score (nSPS) is 13.3. The van der Waals surface area contributed by atoms with Crippen LogP contribution in [0.25, 0.3) is 6.08 Å². The van der Waals surface area contributed by atoms with Crippen LogP contribution in [0.3, 0.4) is 0 Å². The minimum atomic E-state index is -0.649. The number of aryl methyl sites for hydroxylation is 3. The fourth-order valence-electron chi connectivity index (χ4n) is 4.77. The summed E-state index contributed by atoms with van der Waals surface area (Å²) in [4.78, 5) is 57.3. The Labute approximate surface area is 284 Å². The molecule has 0 saturated heterocycles. The van der Waals surface area contributed by atoms with E-state index in [1.165, 1.54) is 22.2 Å². The predicted octanol–water partition coefficient (Wildman–Crippen LogP) is 7.03. The summed E-state index contributed by atoms with van der Waals surface area (Å²) in [7, 11) is 0. The van der Waals surface area contributed by atoms with Crippen LogP contribution in [0.4, 0.5) is 17.1 Å². The number of hydrogen-bond acceptors (Lipinski definition) is 7. The lowest BCUT2D eigenvalue weighted by molar-refractivity contribution is -0.119. The average molecular weight is 661 g/mol. The number of nitrogens with one attached hydrogen (secondary N) is 2. The molecule has 1 aliphatic rings. The van der Waals surface area contributed by atoms with Gasteiger partial charge in [-0.25, -0.2) is 9.79 Å². The second kappa shape index (κ2) is 15.9. The van der Waals surface area contributed by atoms with Crippen LogP contribution in [0, 0.1) is 6.92 Å². The van der Waals surface area contributed by atoms with Crippen molar-refractivity contribution in [3.8, 4) is 0 Å². The van der Waals surface area contributed by atoms with Gasteiger partial charge < -0.3 is 15.4 Å². The molecule has 48 heavy (non-hydrogen) atoms. The number of rotatable bonds is 11. The Hall–Kier alpha value is -5.48. The predicted molar refractivity (Wildman–Crippen MR) is 192 cm³/mol. The van der Waals surface area contributed by atoms with Crippen LogP contribution in [0.2, 0.25) is 0 Å². The van der Waals surface area contributed by atoms with E-state index < -0.39 is 18.5 Å². The highest BCUT2D eigenvalue weighted by molar-refractivity contribution is 8.14. The van der Waals surface area contributed by atoms with Crippen LogP contribution < -0.4 is 15.5 Å². The van der Waals surface area contributed by atoms with Gasteiger partial charge in [0, 0.05) is 11.4 Å². The molecule has 0 aliphatic carbocycles. The zero-order valence-corrected chi connectivity index (χ0v) is 27.8. The molecule has 4 aromatic rings. The third-order valence-corrected chi connectivity index (χ3v) is 8.47. The van der Waals surface area contributed by atoms with E-state index in [2.05, 4.69) is 22.5 Å². The van der Waals surface area contributed by atoms with E-state index in [0.29, 0.717) is 27.8 Å². The second-order valence-corrected chi connectivity index (χ2v) is 12.0. The van der Waals surface area contributed by atoms with Crippen LogP contribution >= 0.6 is 11.8 Å². The number of nitrogens with zero attached hydrogens (tertiary/aromatic N) is 2. The van der Waals surface area contributed by atoms with Gasteiger partial charge in [0.05, 0.1) is 17.0 Å². The van der Waals surface area contributed by atoms with E-state index in [4.69, 9.17) is 4.74 Å². The monoisotopic (exact) mass is 660 g/mol. The first-order chi connectivity index (χ1) is 23.2. The van der Waals surface area contributed by atoms with Crippen molar-refractivity contribution in [2.24, 2.45) is 4.99 Å². The Morgan fingerprint density at radius 2 is 1.33 bits per heavy atom. The van der Waals surface area contributed by atoms with Crippen LogP contribution in [-0.2, 0) is 32.0 Å². The number of carbonyl (C=O) groups is 4. The maximum absolute atomic E-state index is 13.6. The van der Waals surface area contributed by atoms with Crippen LogP contribution in [0.15, 0.2) is 108 Å². The zero-order chi connectivity index (χ0) is 34.0. The van der Waals surface area contributed by atoms with Crippen molar-refractivity contribution >= 4 is 63.8 Å². The number of amides is 3. The average Bonchev–Trinajstić information content (AvgIpc) is 3.41. The number of carbonyl (C=O) groups excluding carboxylic acids is 4. The number of ether oxygens (including phenoxy) is 1. The summed E-state index contributed by atoms with van der Waals surface area (Å²) in [5.41, 5.74) is 6.41. The van der Waals surface area contributed by atoms with E-state index in [9.17, 15) is 19.2 Å². The molecule has 0 unspecified atom stereocenters. The second-order valence-electron chi connectivity index (χ2n) is 11.1. The highest BCUT2D eigenvalue weighted by atomic mass is 32.2. The first-order valence-electron chi connectivity index (χ1n) is 15.6. The fraction of sp³-hybridized carbons (Fsp3) is 0.184. The Bertz CT molecular complexity index is 1850. The molecule has 1 heterocycles. The molecule has 9 nitrogen and oxygen atoms in total. The summed E-state index contributed by atoms with van der Waals surface area (Å²) in [6.45, 7) is 5.65. The fourth-order valence-corrected chi connectivity index (χ4v) is 5.59. The third kappa shape index (κ3) is 8.86. The number of amidine groups is 1. The molecule has 1 aliphatic heterocycles. The first-order valence-corrected chi connectivity index (χ1v) is 16.6. The Kier molecular flexibility index (Phi) is 11.2. The van der Waals surface area contributed by atoms with Crippen molar-refractivity contribution in [3.63, 3.8) is 0 Å². The van der Waals surface area contributed by atoms with Gasteiger partial charge in [-0.1, -0.05) is 79.7 Å². The van der Waals surface area contributed by atoms with Crippen LogP contribution in [0.1, 0.15) is 46.5 Å². The van der Waals surface area contributed by atoms with Crippen LogP contribution in [0.5, 0.6) is 0 Å². The SMILES string of the molecule is CCc1ccc(NC(=O)COC(=O)c2ccc(/C=C3/N=C(SCC(=O)Nc4ccc(CC)cc4)N(c4ccc(C)cc4)C3=O)cc2)cc1. The van der Waals surface area contributed by atoms with Gasteiger partial charge in [0.25, 0.3) is 11.8 Å². The summed E-state index contributed by atoms with van der Waals surface area (Å²) in [5, 5.41) is 5.98. The third-order valence-electron chi connectivity index (χ3n) is 7.53. The van der Waals surface area contributed by atoms with Crippen molar-refractivity contribution < 1.29 is 23.9 Å². The number of anilines is 3. The summed E-state index contributed by atoms with van der Waals surface area (Å²) in [6.07, 6.45) is 3.43. The minimum Gasteiger partial charge on any atom is -0.452 e. The van der Waals surface area contributed by atoms with Crippen molar-refractivity contribution in [3.05, 3.63) is 131 Å². The largest absolute Gasteiger partial charge is 0.452 e. The number of thioether (sulfide) groups is 1.